The lowest BCUT2D eigenvalue weighted by atomic mass is 10.0. The summed E-state index contributed by atoms with van der Waals surface area (Å²) >= 11 is 11.1. The molecule has 1 aromatic carbocycles. The van der Waals surface area contributed by atoms with Crippen LogP contribution in [0.3, 0.4) is 0 Å². The van der Waals surface area contributed by atoms with Gasteiger partial charge in [-0.15, -0.1) is 0 Å². The molecule has 0 aliphatic carbocycles. The van der Waals surface area contributed by atoms with Crippen LogP contribution in [0.4, 0.5) is 0 Å². The molecule has 0 bridgehead atoms. The first-order valence-electron chi connectivity index (χ1n) is 6.77. The predicted molar refractivity (Wildman–Crippen MR) is 82.3 cm³/mol. The molecule has 0 atom stereocenters. The van der Waals surface area contributed by atoms with E-state index >= 15 is 0 Å². The molecule has 0 saturated carbocycles. The maximum absolute atomic E-state index is 12.1. The fraction of sp³-hybridized carbons (Fsp3) is 0.429. The minimum atomic E-state index is -1.07. The van der Waals surface area contributed by atoms with Crippen LogP contribution >= 0.6 is 23.2 Å². The molecule has 0 unspecified atom stereocenters. The number of phenolic OH excluding ortho intramolecular Hbond substituents is 2. The zero-order chi connectivity index (χ0) is 16.3. The van der Waals surface area contributed by atoms with Crippen molar-refractivity contribution in [3.63, 3.8) is 0 Å². The molecule has 2 rings (SSSR count). The highest BCUT2D eigenvalue weighted by molar-refractivity contribution is 6.53. The third-order valence-electron chi connectivity index (χ3n) is 3.49. The fourth-order valence-corrected chi connectivity index (χ4v) is 2.65. The van der Waals surface area contributed by atoms with Gasteiger partial charge in [-0.25, -0.2) is 0 Å². The van der Waals surface area contributed by atoms with E-state index in [1.54, 1.807) is 4.90 Å². The number of rotatable bonds is 3. The summed E-state index contributed by atoms with van der Waals surface area (Å²) in [4.78, 5) is 24.2. The summed E-state index contributed by atoms with van der Waals surface area (Å²) < 4.78 is 0. The van der Waals surface area contributed by atoms with Crippen molar-refractivity contribution in [2.45, 2.75) is 23.7 Å². The van der Waals surface area contributed by atoms with Crippen LogP contribution in [0, 0.1) is 0 Å². The number of carbonyl (C=O) groups is 2. The number of aromatic hydroxyl groups is 2. The summed E-state index contributed by atoms with van der Waals surface area (Å²) in [5, 5.41) is 21.6. The molecule has 1 aliphatic heterocycles. The number of carbonyl (C=O) groups excluding carboxylic acids is 2. The Kier molecular flexibility index (Phi) is 5.37. The highest BCUT2D eigenvalue weighted by Crippen LogP contribution is 2.21. The van der Waals surface area contributed by atoms with Gasteiger partial charge in [0.2, 0.25) is 0 Å². The zero-order valence-corrected chi connectivity index (χ0v) is 13.1. The molecule has 0 spiro atoms. The molecule has 2 amide bonds. The lowest BCUT2D eigenvalue weighted by Crippen LogP contribution is -2.47. The third kappa shape index (κ3) is 4.18. The lowest BCUT2D eigenvalue weighted by molar-refractivity contribution is -0.130. The van der Waals surface area contributed by atoms with Gasteiger partial charge in [0.1, 0.15) is 11.5 Å². The highest BCUT2D eigenvalue weighted by Gasteiger charge is 2.27. The SMILES string of the molecule is O=C(NC1CCN(C(=O)C(Cl)Cl)CC1)c1cc(O)cc(O)c1. The molecule has 1 saturated heterocycles. The molecule has 120 valence electrons. The van der Waals surface area contributed by atoms with Crippen molar-refractivity contribution in [3.8, 4) is 11.5 Å². The molecule has 22 heavy (non-hydrogen) atoms. The normalized spacial score (nSPS) is 15.9. The summed E-state index contributed by atoms with van der Waals surface area (Å²) in [5.74, 6) is -1.07. The molecular weight excluding hydrogens is 331 g/mol. The molecule has 8 heteroatoms. The number of hydrogen-bond acceptors (Lipinski definition) is 4. The third-order valence-corrected chi connectivity index (χ3v) is 3.87. The summed E-state index contributed by atoms with van der Waals surface area (Å²) in [6.07, 6.45) is 1.17. The average molecular weight is 347 g/mol. The number of amides is 2. The van der Waals surface area contributed by atoms with Crippen LogP contribution in [0.2, 0.25) is 0 Å². The van der Waals surface area contributed by atoms with Crippen LogP contribution in [-0.4, -0.2) is 50.9 Å². The summed E-state index contributed by atoms with van der Waals surface area (Å²) in [5.41, 5.74) is 0.178. The average Bonchev–Trinajstić information content (AvgIpc) is 2.46. The van der Waals surface area contributed by atoms with Crippen LogP contribution in [0.25, 0.3) is 0 Å². The number of phenols is 2. The van der Waals surface area contributed by atoms with Gasteiger partial charge < -0.3 is 20.4 Å². The summed E-state index contributed by atoms with van der Waals surface area (Å²) in [6.45, 7) is 0.927. The number of hydrogen-bond donors (Lipinski definition) is 3. The monoisotopic (exact) mass is 346 g/mol. The first-order chi connectivity index (χ1) is 10.4. The van der Waals surface area contributed by atoms with Crippen LogP contribution in [-0.2, 0) is 4.79 Å². The Labute approximate surface area is 137 Å². The molecule has 1 fully saturated rings. The van der Waals surface area contributed by atoms with E-state index in [0.717, 1.165) is 6.07 Å². The Morgan fingerprint density at radius 2 is 1.68 bits per heavy atom. The molecular formula is C14H16Cl2N2O4. The largest absolute Gasteiger partial charge is 0.508 e. The van der Waals surface area contributed by atoms with Gasteiger partial charge in [0, 0.05) is 30.8 Å². The van der Waals surface area contributed by atoms with Gasteiger partial charge in [-0.05, 0) is 25.0 Å². The lowest BCUT2D eigenvalue weighted by Gasteiger charge is -2.32. The number of likely N-dealkylation sites (tertiary alicyclic amines) is 1. The van der Waals surface area contributed by atoms with Gasteiger partial charge in [0.15, 0.2) is 4.84 Å². The van der Waals surface area contributed by atoms with E-state index in [4.69, 9.17) is 23.2 Å². The number of nitrogens with zero attached hydrogens (tertiary/aromatic N) is 1. The van der Waals surface area contributed by atoms with Crippen LogP contribution in [0.1, 0.15) is 23.2 Å². The summed E-state index contributed by atoms with van der Waals surface area (Å²) in [7, 11) is 0. The minimum absolute atomic E-state index is 0.0925. The van der Waals surface area contributed by atoms with Crippen molar-refractivity contribution in [1.29, 1.82) is 0 Å². The van der Waals surface area contributed by atoms with E-state index in [2.05, 4.69) is 5.32 Å². The van der Waals surface area contributed by atoms with Gasteiger partial charge in [-0.2, -0.15) is 0 Å². The second kappa shape index (κ2) is 7.07. The number of benzene rings is 1. The standard InChI is InChI=1S/C14H16Cl2N2O4/c15-12(16)14(22)18-3-1-9(2-4-18)17-13(21)8-5-10(19)7-11(20)6-8/h5-7,9,12,19-20H,1-4H2,(H,17,21). The molecule has 0 aromatic heterocycles. The maximum atomic E-state index is 12.1. The second-order valence-electron chi connectivity index (χ2n) is 5.11. The number of nitrogens with one attached hydrogen (secondary N) is 1. The van der Waals surface area contributed by atoms with Crippen LogP contribution in [0.5, 0.6) is 11.5 Å². The number of halogens is 2. The highest BCUT2D eigenvalue weighted by atomic mass is 35.5. The van der Waals surface area contributed by atoms with E-state index in [0.29, 0.717) is 25.9 Å². The van der Waals surface area contributed by atoms with Gasteiger partial charge in [0.25, 0.3) is 11.8 Å². The first kappa shape index (κ1) is 16.7. The van der Waals surface area contributed by atoms with Crippen molar-refractivity contribution in [2.75, 3.05) is 13.1 Å². The number of piperidine rings is 1. The Balaban J connectivity index is 1.90. The predicted octanol–water partition coefficient (Wildman–Crippen LogP) is 1.62. The first-order valence-corrected chi connectivity index (χ1v) is 7.65. The van der Waals surface area contributed by atoms with E-state index in [-0.39, 0.29) is 34.9 Å². The van der Waals surface area contributed by atoms with E-state index < -0.39 is 4.84 Å². The van der Waals surface area contributed by atoms with Crippen molar-refractivity contribution >= 4 is 35.0 Å². The molecule has 0 radical (unpaired) electrons. The van der Waals surface area contributed by atoms with Crippen molar-refractivity contribution < 1.29 is 19.8 Å². The van der Waals surface area contributed by atoms with Crippen molar-refractivity contribution in [3.05, 3.63) is 23.8 Å². The Hall–Kier alpha value is -1.66. The Bertz CT molecular complexity index is 552. The van der Waals surface area contributed by atoms with E-state index in [9.17, 15) is 19.8 Å². The Morgan fingerprint density at radius 3 is 2.18 bits per heavy atom. The molecule has 3 N–H and O–H groups in total. The maximum Gasteiger partial charge on any atom is 0.255 e. The topological polar surface area (TPSA) is 89.9 Å². The van der Waals surface area contributed by atoms with Gasteiger partial charge in [0.05, 0.1) is 0 Å². The quantitative estimate of drug-likeness (QED) is 0.725. The molecule has 1 aliphatic rings. The zero-order valence-electron chi connectivity index (χ0n) is 11.6. The smallest absolute Gasteiger partial charge is 0.255 e. The number of alkyl halides is 2. The summed E-state index contributed by atoms with van der Waals surface area (Å²) in [6, 6.07) is 3.61. The molecule has 6 nitrogen and oxygen atoms in total. The van der Waals surface area contributed by atoms with E-state index in [1.807, 2.05) is 0 Å². The molecule has 1 heterocycles. The van der Waals surface area contributed by atoms with E-state index in [1.165, 1.54) is 12.1 Å². The van der Waals surface area contributed by atoms with Crippen molar-refractivity contribution in [2.24, 2.45) is 0 Å². The fourth-order valence-electron chi connectivity index (χ4n) is 2.38. The second-order valence-corrected chi connectivity index (χ2v) is 6.21. The van der Waals surface area contributed by atoms with Gasteiger partial charge in [-0.1, -0.05) is 23.2 Å². The van der Waals surface area contributed by atoms with Crippen LogP contribution in [0.15, 0.2) is 18.2 Å². The van der Waals surface area contributed by atoms with Gasteiger partial charge >= 0.3 is 0 Å². The van der Waals surface area contributed by atoms with Crippen molar-refractivity contribution in [1.82, 2.24) is 10.2 Å². The van der Waals surface area contributed by atoms with Gasteiger partial charge in [-0.3, -0.25) is 9.59 Å². The Morgan fingerprint density at radius 1 is 1.14 bits per heavy atom. The minimum Gasteiger partial charge on any atom is -0.508 e. The van der Waals surface area contributed by atoms with Crippen LogP contribution < -0.4 is 5.32 Å². The molecule has 1 aromatic rings.